The highest BCUT2D eigenvalue weighted by atomic mass is 15.2. The molecular formula is C54H34BN3. The number of nitrogens with zero attached hydrogens (tertiary/aromatic N) is 3. The molecule has 0 saturated heterocycles. The summed E-state index contributed by atoms with van der Waals surface area (Å²) >= 11 is 0. The van der Waals surface area contributed by atoms with Gasteiger partial charge in [0.05, 0.1) is 16.6 Å². The van der Waals surface area contributed by atoms with Gasteiger partial charge in [0.1, 0.15) is 0 Å². The SMILES string of the molecule is c1ccc(-c2cccc(N3c4ccccc4B4c5cc6c7cccc8c9ccccc9n(c6cc5N(c5cccc(-c6ccccc6)c5)c5cccc3c54)c87)c2)cc1. The van der Waals surface area contributed by atoms with Crippen molar-refractivity contribution in [1.29, 1.82) is 0 Å². The van der Waals surface area contributed by atoms with E-state index in [4.69, 9.17) is 0 Å². The first kappa shape index (κ1) is 31.6. The maximum Gasteiger partial charge on any atom is 0.252 e. The molecule has 3 nitrogen and oxygen atoms in total. The minimum Gasteiger partial charge on any atom is -0.311 e. The van der Waals surface area contributed by atoms with Crippen molar-refractivity contribution in [2.75, 3.05) is 9.80 Å². The van der Waals surface area contributed by atoms with Crippen LogP contribution >= 0.6 is 0 Å². The van der Waals surface area contributed by atoms with E-state index < -0.39 is 0 Å². The fraction of sp³-hybridized carbons (Fsp3) is 0. The molecule has 13 rings (SSSR count). The van der Waals surface area contributed by atoms with Crippen LogP contribution in [0.3, 0.4) is 0 Å². The van der Waals surface area contributed by atoms with Gasteiger partial charge in [-0.1, -0.05) is 152 Å². The van der Waals surface area contributed by atoms with Crippen molar-refractivity contribution in [1.82, 2.24) is 4.40 Å². The van der Waals surface area contributed by atoms with E-state index in [-0.39, 0.29) is 6.71 Å². The van der Waals surface area contributed by atoms with Crippen LogP contribution in [0.25, 0.3) is 60.3 Å². The van der Waals surface area contributed by atoms with E-state index in [0.29, 0.717) is 0 Å². The second kappa shape index (κ2) is 12.0. The zero-order valence-corrected chi connectivity index (χ0v) is 31.5. The van der Waals surface area contributed by atoms with Gasteiger partial charge in [0, 0.05) is 55.7 Å². The van der Waals surface area contributed by atoms with Crippen LogP contribution in [-0.2, 0) is 0 Å². The fourth-order valence-electron chi connectivity index (χ4n) is 10.3. The van der Waals surface area contributed by atoms with Gasteiger partial charge < -0.3 is 14.2 Å². The topological polar surface area (TPSA) is 10.9 Å². The molecule has 0 bridgehead atoms. The minimum absolute atomic E-state index is 0.0284. The molecule has 268 valence electrons. The summed E-state index contributed by atoms with van der Waals surface area (Å²) in [5.41, 5.74) is 19.7. The number of hydrogen-bond donors (Lipinski definition) is 0. The molecule has 9 aromatic carbocycles. The van der Waals surface area contributed by atoms with Crippen molar-refractivity contribution in [3.8, 4) is 22.3 Å². The van der Waals surface area contributed by atoms with E-state index in [1.807, 2.05) is 0 Å². The van der Waals surface area contributed by atoms with E-state index >= 15 is 0 Å². The lowest BCUT2D eigenvalue weighted by atomic mass is 9.33. The molecule has 2 aliphatic rings. The molecule has 2 aromatic heterocycles. The molecule has 0 atom stereocenters. The first-order valence-electron chi connectivity index (χ1n) is 20.1. The Morgan fingerprint density at radius 2 is 0.828 bits per heavy atom. The van der Waals surface area contributed by atoms with E-state index in [2.05, 4.69) is 220 Å². The largest absolute Gasteiger partial charge is 0.311 e. The third kappa shape index (κ3) is 4.34. The Balaban J connectivity index is 1.12. The molecule has 4 heteroatoms. The number of anilines is 6. The molecule has 0 spiro atoms. The number of rotatable bonds is 4. The average molecular weight is 736 g/mol. The molecule has 2 aliphatic heterocycles. The molecule has 0 radical (unpaired) electrons. The lowest BCUT2D eigenvalue weighted by molar-refractivity contribution is 1.25. The highest BCUT2D eigenvalue weighted by Gasteiger charge is 2.43. The smallest absolute Gasteiger partial charge is 0.252 e. The quantitative estimate of drug-likeness (QED) is 0.167. The lowest BCUT2D eigenvalue weighted by Gasteiger charge is -2.44. The van der Waals surface area contributed by atoms with Crippen LogP contribution in [-0.4, -0.2) is 11.1 Å². The van der Waals surface area contributed by atoms with Crippen molar-refractivity contribution in [2.24, 2.45) is 0 Å². The Kier molecular flexibility index (Phi) is 6.53. The van der Waals surface area contributed by atoms with Crippen molar-refractivity contribution in [3.63, 3.8) is 0 Å². The molecule has 0 saturated carbocycles. The van der Waals surface area contributed by atoms with Crippen LogP contribution in [0.15, 0.2) is 206 Å². The number of hydrogen-bond acceptors (Lipinski definition) is 2. The summed E-state index contributed by atoms with van der Waals surface area (Å²) in [4.78, 5) is 5.03. The molecule has 4 heterocycles. The molecular weight excluding hydrogens is 701 g/mol. The molecule has 0 aliphatic carbocycles. The molecule has 0 unspecified atom stereocenters. The van der Waals surface area contributed by atoms with Gasteiger partial charge in [-0.15, -0.1) is 0 Å². The summed E-state index contributed by atoms with van der Waals surface area (Å²) in [5.74, 6) is 0. The first-order valence-corrected chi connectivity index (χ1v) is 20.1. The van der Waals surface area contributed by atoms with Crippen LogP contribution in [0.5, 0.6) is 0 Å². The second-order valence-corrected chi connectivity index (χ2v) is 15.7. The summed E-state index contributed by atoms with van der Waals surface area (Å²) in [6, 6.07) is 76.2. The predicted molar refractivity (Wildman–Crippen MR) is 246 cm³/mol. The Morgan fingerprint density at radius 1 is 0.310 bits per heavy atom. The zero-order valence-electron chi connectivity index (χ0n) is 31.5. The Hall–Kier alpha value is -7.56. The lowest BCUT2D eigenvalue weighted by Crippen LogP contribution is -2.61. The van der Waals surface area contributed by atoms with E-state index in [1.54, 1.807) is 0 Å². The Morgan fingerprint density at radius 3 is 1.53 bits per heavy atom. The monoisotopic (exact) mass is 735 g/mol. The standard InChI is InChI=1S/C54H34BN3/c1-3-15-35(16-4-1)37-19-11-21-39(31-37)56-48-28-10-8-26-45(48)55-46-33-44-43-25-13-24-42-41-23-7-9-27-47(41)58(54(42)43)51(44)34-52(46)57(50-30-14-29-49(56)53(50)55)40-22-12-20-38(32-40)36-17-5-2-6-18-36/h1-34H. The first-order chi connectivity index (χ1) is 28.8. The van der Waals surface area contributed by atoms with Gasteiger partial charge >= 0.3 is 0 Å². The molecule has 0 N–H and O–H groups in total. The normalized spacial score (nSPS) is 13.1. The second-order valence-electron chi connectivity index (χ2n) is 15.7. The molecule has 58 heavy (non-hydrogen) atoms. The summed E-state index contributed by atoms with van der Waals surface area (Å²) in [5, 5.41) is 5.19. The van der Waals surface area contributed by atoms with Gasteiger partial charge in [0.25, 0.3) is 6.71 Å². The van der Waals surface area contributed by atoms with Crippen molar-refractivity contribution in [3.05, 3.63) is 206 Å². The van der Waals surface area contributed by atoms with Crippen LogP contribution in [0.4, 0.5) is 34.1 Å². The zero-order chi connectivity index (χ0) is 37.9. The van der Waals surface area contributed by atoms with Gasteiger partial charge in [-0.2, -0.15) is 0 Å². The number of para-hydroxylation sites is 3. The van der Waals surface area contributed by atoms with Gasteiger partial charge in [-0.25, -0.2) is 0 Å². The van der Waals surface area contributed by atoms with Crippen LogP contribution in [0.2, 0.25) is 0 Å². The van der Waals surface area contributed by atoms with E-state index in [1.165, 1.54) is 99.5 Å². The van der Waals surface area contributed by atoms with E-state index in [0.717, 1.165) is 11.4 Å². The Bertz CT molecular complexity index is 3420. The average Bonchev–Trinajstić information content (AvgIpc) is 3.81. The van der Waals surface area contributed by atoms with Gasteiger partial charge in [0.15, 0.2) is 0 Å². The van der Waals surface area contributed by atoms with Crippen LogP contribution < -0.4 is 26.2 Å². The van der Waals surface area contributed by atoms with Crippen molar-refractivity contribution < 1.29 is 0 Å². The van der Waals surface area contributed by atoms with Gasteiger partial charge in [-0.05, 0) is 93.2 Å². The maximum atomic E-state index is 2.54. The van der Waals surface area contributed by atoms with E-state index in [9.17, 15) is 0 Å². The highest BCUT2D eigenvalue weighted by Crippen LogP contribution is 2.47. The predicted octanol–water partition coefficient (Wildman–Crippen LogP) is 12.3. The number of aromatic nitrogens is 1. The fourth-order valence-corrected chi connectivity index (χ4v) is 10.3. The summed E-state index contributed by atoms with van der Waals surface area (Å²) in [6.45, 7) is 0.0284. The third-order valence-electron chi connectivity index (χ3n) is 12.7. The molecule has 11 aromatic rings. The maximum absolute atomic E-state index is 2.54. The number of benzene rings is 9. The Labute approximate surface area is 336 Å². The third-order valence-corrected chi connectivity index (χ3v) is 12.7. The molecule has 0 amide bonds. The van der Waals surface area contributed by atoms with Gasteiger partial charge in [0.2, 0.25) is 0 Å². The molecule has 0 fully saturated rings. The summed E-state index contributed by atoms with van der Waals surface area (Å²) < 4.78 is 2.51. The van der Waals surface area contributed by atoms with Gasteiger partial charge in [-0.3, -0.25) is 0 Å². The van der Waals surface area contributed by atoms with Crippen molar-refractivity contribution in [2.45, 2.75) is 0 Å². The summed E-state index contributed by atoms with van der Waals surface area (Å²) in [7, 11) is 0. The summed E-state index contributed by atoms with van der Waals surface area (Å²) in [6.07, 6.45) is 0. The number of fused-ring (bicyclic) bond motifs is 10. The highest BCUT2D eigenvalue weighted by molar-refractivity contribution is 7.00. The van der Waals surface area contributed by atoms with Crippen molar-refractivity contribution >= 4 is 95.3 Å². The van der Waals surface area contributed by atoms with Crippen LogP contribution in [0.1, 0.15) is 0 Å². The van der Waals surface area contributed by atoms with Crippen LogP contribution in [0, 0.1) is 0 Å². The minimum atomic E-state index is 0.0284.